The summed E-state index contributed by atoms with van der Waals surface area (Å²) in [6.45, 7) is 0.837. The van der Waals surface area contributed by atoms with Gasteiger partial charge < -0.3 is 19.8 Å². The number of amides is 1. The Morgan fingerprint density at radius 2 is 2.06 bits per heavy atom. The maximum Gasteiger partial charge on any atom is 0.312 e. The van der Waals surface area contributed by atoms with Crippen molar-refractivity contribution in [3.05, 3.63) is 82.2 Å². The van der Waals surface area contributed by atoms with Crippen LogP contribution in [-0.2, 0) is 6.54 Å². The first-order valence-corrected chi connectivity index (χ1v) is 11.5. The fourth-order valence-electron chi connectivity index (χ4n) is 3.36. The van der Waals surface area contributed by atoms with E-state index in [1.807, 2.05) is 35.7 Å². The number of nitrogens with one attached hydrogen (secondary N) is 3. The Morgan fingerprint density at radius 1 is 1.14 bits per heavy atom. The van der Waals surface area contributed by atoms with Crippen molar-refractivity contribution < 1.29 is 14.3 Å². The average Bonchev–Trinajstić information content (AvgIpc) is 3.56. The van der Waals surface area contributed by atoms with Crippen molar-refractivity contribution in [3.8, 4) is 22.9 Å². The summed E-state index contributed by atoms with van der Waals surface area (Å²) in [4.78, 5) is 40.9. The number of hydrogen-bond donors (Lipinski definition) is 3. The normalized spacial score (nSPS) is 10.9. The lowest BCUT2D eigenvalue weighted by Crippen LogP contribution is -2.27. The molecule has 0 saturated heterocycles. The maximum absolute atomic E-state index is 12.8. The van der Waals surface area contributed by atoms with Gasteiger partial charge in [-0.2, -0.15) is 10.1 Å². The number of nitrogens with zero attached hydrogens (tertiary/aromatic N) is 4. The molecule has 35 heavy (non-hydrogen) atoms. The molecule has 3 N–H and O–H groups in total. The van der Waals surface area contributed by atoms with Crippen molar-refractivity contribution in [1.29, 1.82) is 0 Å². The van der Waals surface area contributed by atoms with Crippen LogP contribution in [0.15, 0.2) is 65.3 Å². The van der Waals surface area contributed by atoms with Gasteiger partial charge in [-0.3, -0.25) is 14.6 Å². The third-order valence-corrected chi connectivity index (χ3v) is 5.84. The number of benzene rings is 1. The third kappa shape index (κ3) is 5.17. The predicted molar refractivity (Wildman–Crippen MR) is 128 cm³/mol. The third-order valence-electron chi connectivity index (χ3n) is 4.97. The monoisotopic (exact) mass is 489 g/mol. The number of fused-ring (bicyclic) bond motifs is 1. The van der Waals surface area contributed by atoms with Crippen LogP contribution in [0.3, 0.4) is 0 Å². The Kier molecular flexibility index (Phi) is 6.44. The number of hydrogen-bond acceptors (Lipinski definition) is 9. The molecule has 5 aromatic rings. The highest BCUT2D eigenvalue weighted by Gasteiger charge is 2.16. The van der Waals surface area contributed by atoms with Crippen molar-refractivity contribution >= 4 is 27.5 Å². The first-order valence-electron chi connectivity index (χ1n) is 10.6. The molecule has 0 unspecified atom stereocenters. The number of ether oxygens (including phenoxy) is 2. The molecule has 0 spiro atoms. The lowest BCUT2D eigenvalue weighted by Gasteiger charge is -2.09. The Bertz CT molecular complexity index is 1500. The van der Waals surface area contributed by atoms with Crippen molar-refractivity contribution in [3.63, 3.8) is 0 Å². The fourth-order valence-corrected chi connectivity index (χ4v) is 4.31. The summed E-state index contributed by atoms with van der Waals surface area (Å²) in [6.07, 6.45) is 4.71. The highest BCUT2D eigenvalue weighted by atomic mass is 32.1. The van der Waals surface area contributed by atoms with Crippen molar-refractivity contribution in [2.24, 2.45) is 0 Å². The van der Waals surface area contributed by atoms with E-state index in [9.17, 15) is 9.59 Å². The zero-order valence-corrected chi connectivity index (χ0v) is 19.0. The van der Waals surface area contributed by atoms with Gasteiger partial charge in [0.15, 0.2) is 0 Å². The van der Waals surface area contributed by atoms with E-state index in [1.54, 1.807) is 18.5 Å². The molecule has 0 fully saturated rings. The van der Waals surface area contributed by atoms with Crippen molar-refractivity contribution in [2.75, 3.05) is 13.2 Å². The molecule has 176 valence electrons. The second-order valence-electron chi connectivity index (χ2n) is 7.30. The van der Waals surface area contributed by atoms with Crippen LogP contribution in [0.4, 0.5) is 0 Å². The zero-order chi connectivity index (χ0) is 24.0. The van der Waals surface area contributed by atoms with Gasteiger partial charge in [0, 0.05) is 35.4 Å². The number of rotatable bonds is 9. The average molecular weight is 490 g/mol. The summed E-state index contributed by atoms with van der Waals surface area (Å²) >= 11 is 1.30. The smallest absolute Gasteiger partial charge is 0.312 e. The molecule has 12 heteroatoms. The van der Waals surface area contributed by atoms with Crippen molar-refractivity contribution in [1.82, 2.24) is 35.5 Å². The van der Waals surface area contributed by atoms with E-state index in [1.165, 1.54) is 17.7 Å². The van der Waals surface area contributed by atoms with Gasteiger partial charge in [-0.25, -0.2) is 10.1 Å². The summed E-state index contributed by atoms with van der Waals surface area (Å²) in [5.74, 6) is 0.110. The number of carbonyl (C=O) groups is 1. The Labute approximate surface area is 202 Å². The number of H-pyrrole nitrogens is 2. The molecule has 5 rings (SSSR count). The Morgan fingerprint density at radius 3 is 2.89 bits per heavy atom. The fraction of sp³-hybridized carbons (Fsp3) is 0.130. The number of carbonyl (C=O) groups excluding carboxylic acids is 1. The summed E-state index contributed by atoms with van der Waals surface area (Å²) in [5, 5.41) is 11.4. The number of aromatic amines is 2. The van der Waals surface area contributed by atoms with Crippen LogP contribution < -0.4 is 20.3 Å². The van der Waals surface area contributed by atoms with Crippen LogP contribution in [0.1, 0.15) is 16.2 Å². The maximum atomic E-state index is 12.8. The van der Waals surface area contributed by atoms with E-state index >= 15 is 0 Å². The molecular weight excluding hydrogens is 470 g/mol. The van der Waals surface area contributed by atoms with E-state index in [-0.39, 0.29) is 17.9 Å². The Balaban J connectivity index is 1.21. The molecule has 1 aromatic carbocycles. The summed E-state index contributed by atoms with van der Waals surface area (Å²) in [6, 6.07) is 11.3. The number of aromatic nitrogens is 6. The van der Waals surface area contributed by atoms with E-state index < -0.39 is 5.91 Å². The standard InChI is InChI=1S/C23H19N7O4S/c31-20-18-17(15-4-2-6-24-11-15)12-35-22(18)29-19(28-20)21(32)25-10-14-3-1-5-16(9-14)33-7-8-34-23-26-13-27-30-23/h1-6,9,11-13H,7-8,10H2,(H,25,32)(H,26,27,30)(H,28,29,31). The van der Waals surface area contributed by atoms with Gasteiger partial charge in [-0.15, -0.1) is 11.3 Å². The van der Waals surface area contributed by atoms with Gasteiger partial charge in [-0.05, 0) is 23.8 Å². The predicted octanol–water partition coefficient (Wildman–Crippen LogP) is 2.55. The van der Waals surface area contributed by atoms with Crippen LogP contribution >= 0.6 is 11.3 Å². The lowest BCUT2D eigenvalue weighted by atomic mass is 10.1. The molecule has 0 radical (unpaired) electrons. The summed E-state index contributed by atoms with van der Waals surface area (Å²) in [5.41, 5.74) is 2.00. The second-order valence-corrected chi connectivity index (χ2v) is 8.16. The molecule has 4 heterocycles. The minimum atomic E-state index is -0.480. The molecule has 11 nitrogen and oxygen atoms in total. The van der Waals surface area contributed by atoms with Crippen LogP contribution in [0.5, 0.6) is 11.8 Å². The molecule has 1 amide bonds. The van der Waals surface area contributed by atoms with Gasteiger partial charge in [0.05, 0.1) is 5.39 Å². The minimum absolute atomic E-state index is 0.0425. The molecule has 0 aliphatic carbocycles. The molecule has 4 aromatic heterocycles. The lowest BCUT2D eigenvalue weighted by molar-refractivity contribution is 0.0940. The van der Waals surface area contributed by atoms with Gasteiger partial charge in [0.1, 0.15) is 30.1 Å². The minimum Gasteiger partial charge on any atom is -0.490 e. The topological polar surface area (TPSA) is 148 Å². The zero-order valence-electron chi connectivity index (χ0n) is 18.2. The molecule has 0 aliphatic heterocycles. The number of thiophene rings is 1. The van der Waals surface area contributed by atoms with Crippen molar-refractivity contribution in [2.45, 2.75) is 6.54 Å². The largest absolute Gasteiger partial charge is 0.490 e. The summed E-state index contributed by atoms with van der Waals surface area (Å²) < 4.78 is 11.0. The summed E-state index contributed by atoms with van der Waals surface area (Å²) in [7, 11) is 0. The van der Waals surface area contributed by atoms with Gasteiger partial charge in [-0.1, -0.05) is 18.2 Å². The molecule has 0 aliphatic rings. The van der Waals surface area contributed by atoms with E-state index in [0.717, 1.165) is 16.7 Å². The second kappa shape index (κ2) is 10.1. The van der Waals surface area contributed by atoms with Gasteiger partial charge in [0.25, 0.3) is 11.5 Å². The highest BCUT2D eigenvalue weighted by Crippen LogP contribution is 2.30. The molecule has 0 atom stereocenters. The molecular formula is C23H19N7O4S. The van der Waals surface area contributed by atoms with Gasteiger partial charge in [0.2, 0.25) is 5.82 Å². The molecule has 0 bridgehead atoms. The SMILES string of the molecule is O=C(NCc1cccc(OCCOc2ncn[nH]2)c1)c1nc2scc(-c3cccnc3)c2c(=O)[nH]1. The highest BCUT2D eigenvalue weighted by molar-refractivity contribution is 7.17. The first-order chi connectivity index (χ1) is 17.2. The van der Waals surface area contributed by atoms with Gasteiger partial charge >= 0.3 is 6.01 Å². The van der Waals surface area contributed by atoms with Crippen LogP contribution in [0.2, 0.25) is 0 Å². The van der Waals surface area contributed by atoms with Crippen LogP contribution in [0.25, 0.3) is 21.3 Å². The van der Waals surface area contributed by atoms with E-state index in [2.05, 4.69) is 35.5 Å². The quantitative estimate of drug-likeness (QED) is 0.268. The Hall–Kier alpha value is -4.58. The van der Waals surface area contributed by atoms with Crippen LogP contribution in [0, 0.1) is 0 Å². The number of pyridine rings is 1. The molecule has 0 saturated carbocycles. The van der Waals surface area contributed by atoms with E-state index in [0.29, 0.717) is 35.2 Å². The van der Waals surface area contributed by atoms with Crippen LogP contribution in [-0.4, -0.2) is 49.3 Å². The first kappa shape index (κ1) is 22.2. The van der Waals surface area contributed by atoms with E-state index in [4.69, 9.17) is 9.47 Å².